The predicted molar refractivity (Wildman–Crippen MR) is 142 cm³/mol. The van der Waals surface area contributed by atoms with Crippen LogP contribution in [0.25, 0.3) is 0 Å². The molecule has 6 heteroatoms. The van der Waals surface area contributed by atoms with Crippen LogP contribution in [0.3, 0.4) is 0 Å². The zero-order chi connectivity index (χ0) is 26.5. The Morgan fingerprint density at radius 3 is 0.912 bits per heavy atom. The maximum absolute atomic E-state index is 10.2. The third-order valence-corrected chi connectivity index (χ3v) is 5.44. The smallest absolute Gasteiger partial charge is 0.303 e. The first kappa shape index (κ1) is 37.4. The molecule has 0 rings (SSSR count). The SMILES string of the molecule is CC(C)CCCCCCCCCC(=O)O.CC(C)CCCCCCCCCC(=O)O.OCCO. The van der Waals surface area contributed by atoms with Gasteiger partial charge < -0.3 is 20.4 Å². The summed E-state index contributed by atoms with van der Waals surface area (Å²) < 4.78 is 0. The lowest BCUT2D eigenvalue weighted by atomic mass is 10.0. The van der Waals surface area contributed by atoms with Crippen LogP contribution in [-0.2, 0) is 9.59 Å². The summed E-state index contributed by atoms with van der Waals surface area (Å²) >= 11 is 0. The van der Waals surface area contributed by atoms with Crippen molar-refractivity contribution in [2.45, 2.75) is 143 Å². The number of carboxylic acid groups (broad SMARTS) is 2. The topological polar surface area (TPSA) is 115 Å². The zero-order valence-electron chi connectivity index (χ0n) is 22.9. The number of carbonyl (C=O) groups is 2. The highest BCUT2D eigenvalue weighted by Crippen LogP contribution is 2.13. The molecule has 6 nitrogen and oxygen atoms in total. The largest absolute Gasteiger partial charge is 0.481 e. The molecule has 0 radical (unpaired) electrons. The molecule has 4 N–H and O–H groups in total. The van der Waals surface area contributed by atoms with Crippen LogP contribution in [0.4, 0.5) is 0 Å². The first-order chi connectivity index (χ1) is 16.2. The van der Waals surface area contributed by atoms with Crippen LogP contribution in [0.1, 0.15) is 143 Å². The molecule has 0 heterocycles. The second-order valence-corrected chi connectivity index (χ2v) is 10.0. The van der Waals surface area contributed by atoms with Gasteiger partial charge in [0, 0.05) is 12.8 Å². The predicted octanol–water partition coefficient (Wildman–Crippen LogP) is 7.45. The highest BCUT2D eigenvalue weighted by atomic mass is 16.4. The fourth-order valence-electron chi connectivity index (χ4n) is 3.43. The molecule has 0 atom stereocenters. The van der Waals surface area contributed by atoms with Crippen molar-refractivity contribution in [3.05, 3.63) is 0 Å². The molecule has 0 aliphatic rings. The fraction of sp³-hybridized carbons (Fsp3) is 0.929. The Bertz CT molecular complexity index is 372. The van der Waals surface area contributed by atoms with Crippen molar-refractivity contribution in [1.29, 1.82) is 0 Å². The van der Waals surface area contributed by atoms with Crippen LogP contribution in [0.5, 0.6) is 0 Å². The Morgan fingerprint density at radius 1 is 0.471 bits per heavy atom. The number of carboxylic acids is 2. The van der Waals surface area contributed by atoms with E-state index >= 15 is 0 Å². The average molecular weight is 491 g/mol. The molecule has 0 saturated carbocycles. The lowest BCUT2D eigenvalue weighted by Gasteiger charge is -2.04. The van der Waals surface area contributed by atoms with Crippen molar-refractivity contribution in [3.63, 3.8) is 0 Å². The Hall–Kier alpha value is -1.14. The summed E-state index contributed by atoms with van der Waals surface area (Å²) in [7, 11) is 0. The van der Waals surface area contributed by atoms with Gasteiger partial charge in [-0.1, -0.05) is 118 Å². The van der Waals surface area contributed by atoms with E-state index in [-0.39, 0.29) is 13.2 Å². The molecular weight excluding hydrogens is 432 g/mol. The van der Waals surface area contributed by atoms with Gasteiger partial charge in [0.25, 0.3) is 0 Å². The van der Waals surface area contributed by atoms with E-state index in [2.05, 4.69) is 27.7 Å². The number of aliphatic hydroxyl groups excluding tert-OH is 2. The molecule has 0 spiro atoms. The number of rotatable bonds is 21. The average Bonchev–Trinajstić information content (AvgIpc) is 2.76. The molecule has 0 bridgehead atoms. The van der Waals surface area contributed by atoms with Gasteiger partial charge in [0.05, 0.1) is 13.2 Å². The van der Waals surface area contributed by atoms with E-state index in [1.165, 1.54) is 77.0 Å². The van der Waals surface area contributed by atoms with Gasteiger partial charge in [0.15, 0.2) is 0 Å². The molecule has 206 valence electrons. The van der Waals surface area contributed by atoms with Crippen LogP contribution < -0.4 is 0 Å². The zero-order valence-corrected chi connectivity index (χ0v) is 22.9. The van der Waals surface area contributed by atoms with Crippen LogP contribution in [0.15, 0.2) is 0 Å². The van der Waals surface area contributed by atoms with Gasteiger partial charge in [-0.3, -0.25) is 9.59 Å². The summed E-state index contributed by atoms with van der Waals surface area (Å²) in [6.45, 7) is 8.83. The van der Waals surface area contributed by atoms with E-state index in [9.17, 15) is 9.59 Å². The Balaban J connectivity index is -0.000000488. The number of hydrogen-bond donors (Lipinski definition) is 4. The molecule has 0 aromatic rings. The summed E-state index contributed by atoms with van der Waals surface area (Å²) in [6.07, 6.45) is 20.2. The lowest BCUT2D eigenvalue weighted by molar-refractivity contribution is -0.138. The minimum Gasteiger partial charge on any atom is -0.481 e. The van der Waals surface area contributed by atoms with E-state index in [0.717, 1.165) is 37.5 Å². The number of unbranched alkanes of at least 4 members (excludes halogenated alkanes) is 12. The normalized spacial score (nSPS) is 10.5. The minimum absolute atomic E-state index is 0.125. The van der Waals surface area contributed by atoms with E-state index < -0.39 is 11.9 Å². The number of hydrogen-bond acceptors (Lipinski definition) is 4. The van der Waals surface area contributed by atoms with E-state index in [1.54, 1.807) is 0 Å². The first-order valence-electron chi connectivity index (χ1n) is 13.8. The fourth-order valence-corrected chi connectivity index (χ4v) is 3.43. The molecule has 0 aliphatic carbocycles. The summed E-state index contributed by atoms with van der Waals surface area (Å²) in [6, 6.07) is 0. The van der Waals surface area contributed by atoms with E-state index in [1.807, 2.05) is 0 Å². The van der Waals surface area contributed by atoms with Gasteiger partial charge in [-0.25, -0.2) is 0 Å². The quantitative estimate of drug-likeness (QED) is 0.124. The summed E-state index contributed by atoms with van der Waals surface area (Å²) in [4.78, 5) is 20.5. The molecular formula is C28H58O6. The number of aliphatic hydroxyl groups is 2. The maximum Gasteiger partial charge on any atom is 0.303 e. The Kier molecular flexibility index (Phi) is 35.1. The third kappa shape index (κ3) is 48.3. The van der Waals surface area contributed by atoms with Gasteiger partial charge in [-0.15, -0.1) is 0 Å². The first-order valence-corrected chi connectivity index (χ1v) is 13.8. The standard InChI is InChI=1S/2C13H26O2.C2H6O2/c2*1-12(2)10-8-6-4-3-5-7-9-11-13(14)15;3-1-2-4/h2*12H,3-11H2,1-2H3,(H,14,15);3-4H,1-2H2. The summed E-state index contributed by atoms with van der Waals surface area (Å²) in [5.41, 5.74) is 0. The van der Waals surface area contributed by atoms with Crippen LogP contribution in [-0.4, -0.2) is 45.6 Å². The highest BCUT2D eigenvalue weighted by Gasteiger charge is 1.98. The molecule has 34 heavy (non-hydrogen) atoms. The van der Waals surface area contributed by atoms with Crippen molar-refractivity contribution in [2.75, 3.05) is 13.2 Å². The minimum atomic E-state index is -0.660. The van der Waals surface area contributed by atoms with Crippen LogP contribution in [0.2, 0.25) is 0 Å². The second kappa shape index (κ2) is 31.9. The summed E-state index contributed by atoms with van der Waals surface area (Å²) in [5, 5.41) is 32.1. The monoisotopic (exact) mass is 490 g/mol. The lowest BCUT2D eigenvalue weighted by Crippen LogP contribution is -1.93. The highest BCUT2D eigenvalue weighted by molar-refractivity contribution is 5.66. The van der Waals surface area contributed by atoms with Crippen molar-refractivity contribution in [2.24, 2.45) is 11.8 Å². The molecule has 0 fully saturated rings. The maximum atomic E-state index is 10.2. The molecule has 0 saturated heterocycles. The van der Waals surface area contributed by atoms with Crippen molar-refractivity contribution >= 4 is 11.9 Å². The van der Waals surface area contributed by atoms with Crippen molar-refractivity contribution in [3.8, 4) is 0 Å². The van der Waals surface area contributed by atoms with Gasteiger partial charge >= 0.3 is 11.9 Å². The van der Waals surface area contributed by atoms with Crippen LogP contribution >= 0.6 is 0 Å². The summed E-state index contributed by atoms with van der Waals surface area (Å²) in [5.74, 6) is 0.347. The Morgan fingerprint density at radius 2 is 0.706 bits per heavy atom. The van der Waals surface area contributed by atoms with Gasteiger partial charge in [-0.2, -0.15) is 0 Å². The molecule has 0 aromatic carbocycles. The Labute approximate surface area is 210 Å². The van der Waals surface area contributed by atoms with Gasteiger partial charge in [0.2, 0.25) is 0 Å². The van der Waals surface area contributed by atoms with Crippen molar-refractivity contribution < 1.29 is 30.0 Å². The van der Waals surface area contributed by atoms with Gasteiger partial charge in [-0.05, 0) is 24.7 Å². The molecule has 0 unspecified atom stereocenters. The number of aliphatic carboxylic acids is 2. The van der Waals surface area contributed by atoms with E-state index in [4.69, 9.17) is 20.4 Å². The molecule has 0 aliphatic heterocycles. The molecule has 0 aromatic heterocycles. The van der Waals surface area contributed by atoms with Crippen molar-refractivity contribution in [1.82, 2.24) is 0 Å². The van der Waals surface area contributed by atoms with E-state index in [0.29, 0.717) is 12.8 Å². The molecule has 0 amide bonds. The van der Waals surface area contributed by atoms with Gasteiger partial charge in [0.1, 0.15) is 0 Å². The third-order valence-electron chi connectivity index (χ3n) is 5.44. The second-order valence-electron chi connectivity index (χ2n) is 10.0. The van der Waals surface area contributed by atoms with Crippen LogP contribution in [0, 0.1) is 11.8 Å².